The summed E-state index contributed by atoms with van der Waals surface area (Å²) in [5, 5.41) is 3.09. The third-order valence-electron chi connectivity index (χ3n) is 1.96. The van der Waals surface area contributed by atoms with Gasteiger partial charge in [-0.25, -0.2) is 4.39 Å². The lowest BCUT2D eigenvalue weighted by Gasteiger charge is -2.12. The molecule has 0 amide bonds. The predicted octanol–water partition coefficient (Wildman–Crippen LogP) is 3.52. The van der Waals surface area contributed by atoms with Crippen LogP contribution in [0.3, 0.4) is 0 Å². The van der Waals surface area contributed by atoms with E-state index in [-0.39, 0.29) is 16.9 Å². The Hall–Kier alpha value is -0.120. The third-order valence-corrected chi connectivity index (χ3v) is 3.22. The van der Waals surface area contributed by atoms with Crippen molar-refractivity contribution in [2.24, 2.45) is 0 Å². The van der Waals surface area contributed by atoms with E-state index >= 15 is 0 Å². The van der Waals surface area contributed by atoms with Crippen molar-refractivity contribution in [2.75, 3.05) is 7.05 Å². The molecule has 1 nitrogen and oxygen atoms in total. The van der Waals surface area contributed by atoms with Crippen molar-refractivity contribution in [3.05, 3.63) is 33.0 Å². The first-order valence-corrected chi connectivity index (χ1v) is 5.05. The second kappa shape index (κ2) is 4.40. The van der Waals surface area contributed by atoms with Gasteiger partial charge in [0, 0.05) is 16.1 Å². The fourth-order valence-corrected chi connectivity index (χ4v) is 1.51. The van der Waals surface area contributed by atoms with Gasteiger partial charge in [-0.05, 0) is 36.0 Å². The molecule has 1 rings (SSSR count). The zero-order chi connectivity index (χ0) is 10.0. The molecule has 1 unspecified atom stereocenters. The SMILES string of the molecule is CNC(C)c1ccc(Br)c(Cl)c1F. The summed E-state index contributed by atoms with van der Waals surface area (Å²) in [5.74, 6) is -0.363. The van der Waals surface area contributed by atoms with Gasteiger partial charge in [0.15, 0.2) is 0 Å². The van der Waals surface area contributed by atoms with Crippen LogP contribution < -0.4 is 5.32 Å². The van der Waals surface area contributed by atoms with E-state index in [0.29, 0.717) is 10.0 Å². The zero-order valence-electron chi connectivity index (χ0n) is 7.37. The highest BCUT2D eigenvalue weighted by Gasteiger charge is 2.13. The Balaban J connectivity index is 3.18. The van der Waals surface area contributed by atoms with Crippen molar-refractivity contribution < 1.29 is 4.39 Å². The topological polar surface area (TPSA) is 12.0 Å². The molecule has 0 saturated heterocycles. The van der Waals surface area contributed by atoms with Gasteiger partial charge in [-0.2, -0.15) is 0 Å². The van der Waals surface area contributed by atoms with Gasteiger partial charge in [0.05, 0.1) is 5.02 Å². The van der Waals surface area contributed by atoms with Gasteiger partial charge < -0.3 is 5.32 Å². The third kappa shape index (κ3) is 2.22. The Morgan fingerprint density at radius 3 is 2.69 bits per heavy atom. The molecule has 72 valence electrons. The minimum atomic E-state index is -0.363. The van der Waals surface area contributed by atoms with Gasteiger partial charge in [0.1, 0.15) is 5.82 Å². The Morgan fingerprint density at radius 1 is 1.54 bits per heavy atom. The van der Waals surface area contributed by atoms with Crippen LogP contribution in [0.2, 0.25) is 5.02 Å². The van der Waals surface area contributed by atoms with Crippen LogP contribution in [-0.2, 0) is 0 Å². The van der Waals surface area contributed by atoms with E-state index in [1.165, 1.54) is 0 Å². The molecular weight excluding hydrogens is 256 g/mol. The number of hydrogen-bond acceptors (Lipinski definition) is 1. The molecule has 0 aromatic heterocycles. The molecule has 0 aliphatic carbocycles. The zero-order valence-corrected chi connectivity index (χ0v) is 9.71. The first-order chi connectivity index (χ1) is 6.07. The summed E-state index contributed by atoms with van der Waals surface area (Å²) in [6.07, 6.45) is 0. The van der Waals surface area contributed by atoms with Crippen molar-refractivity contribution in [1.82, 2.24) is 5.32 Å². The van der Waals surface area contributed by atoms with Crippen molar-refractivity contribution in [2.45, 2.75) is 13.0 Å². The van der Waals surface area contributed by atoms with E-state index in [4.69, 9.17) is 11.6 Å². The normalized spacial score (nSPS) is 13.0. The smallest absolute Gasteiger partial charge is 0.147 e. The van der Waals surface area contributed by atoms with Crippen LogP contribution in [-0.4, -0.2) is 7.05 Å². The quantitative estimate of drug-likeness (QED) is 0.808. The molecule has 13 heavy (non-hydrogen) atoms. The van der Waals surface area contributed by atoms with Crippen molar-refractivity contribution >= 4 is 27.5 Å². The van der Waals surface area contributed by atoms with Gasteiger partial charge in [0.25, 0.3) is 0 Å². The Morgan fingerprint density at radius 2 is 2.15 bits per heavy atom. The highest BCUT2D eigenvalue weighted by molar-refractivity contribution is 9.10. The molecule has 4 heteroatoms. The average molecular weight is 267 g/mol. The van der Waals surface area contributed by atoms with Crippen LogP contribution >= 0.6 is 27.5 Å². The number of halogens is 3. The van der Waals surface area contributed by atoms with E-state index in [1.807, 2.05) is 6.92 Å². The van der Waals surface area contributed by atoms with Gasteiger partial charge in [0.2, 0.25) is 0 Å². The first kappa shape index (κ1) is 11.0. The lowest BCUT2D eigenvalue weighted by atomic mass is 10.1. The monoisotopic (exact) mass is 265 g/mol. The maximum Gasteiger partial charge on any atom is 0.147 e. The van der Waals surface area contributed by atoms with E-state index < -0.39 is 0 Å². The molecule has 0 spiro atoms. The Kier molecular flexibility index (Phi) is 3.71. The summed E-state index contributed by atoms with van der Waals surface area (Å²) in [6.45, 7) is 1.88. The summed E-state index contributed by atoms with van der Waals surface area (Å²) >= 11 is 8.89. The first-order valence-electron chi connectivity index (χ1n) is 3.88. The molecule has 0 aliphatic rings. The largest absolute Gasteiger partial charge is 0.313 e. The van der Waals surface area contributed by atoms with Crippen LogP contribution in [0.15, 0.2) is 16.6 Å². The molecule has 1 atom stereocenters. The van der Waals surface area contributed by atoms with Crippen LogP contribution in [0.5, 0.6) is 0 Å². The second-order valence-corrected chi connectivity index (χ2v) is 4.01. The van der Waals surface area contributed by atoms with Crippen LogP contribution in [0.1, 0.15) is 18.5 Å². The van der Waals surface area contributed by atoms with E-state index in [1.54, 1.807) is 19.2 Å². The molecule has 1 N–H and O–H groups in total. The Labute approximate surface area is 90.4 Å². The number of benzene rings is 1. The van der Waals surface area contributed by atoms with Crippen molar-refractivity contribution in [3.63, 3.8) is 0 Å². The molecular formula is C9H10BrClFN. The summed E-state index contributed by atoms with van der Waals surface area (Å²) in [6, 6.07) is 3.42. The van der Waals surface area contributed by atoms with Crippen molar-refractivity contribution in [1.29, 1.82) is 0 Å². The van der Waals surface area contributed by atoms with Crippen LogP contribution in [0.4, 0.5) is 4.39 Å². The molecule has 1 aromatic rings. The van der Waals surface area contributed by atoms with Gasteiger partial charge >= 0.3 is 0 Å². The highest BCUT2D eigenvalue weighted by atomic mass is 79.9. The molecule has 1 aromatic carbocycles. The lowest BCUT2D eigenvalue weighted by Crippen LogP contribution is -2.14. The van der Waals surface area contributed by atoms with E-state index in [9.17, 15) is 4.39 Å². The van der Waals surface area contributed by atoms with Crippen LogP contribution in [0.25, 0.3) is 0 Å². The Bertz CT molecular complexity index is 317. The number of hydrogen-bond donors (Lipinski definition) is 1. The summed E-state index contributed by atoms with van der Waals surface area (Å²) in [5.41, 5.74) is 0.579. The number of nitrogens with one attached hydrogen (secondary N) is 1. The molecule has 0 aliphatic heterocycles. The minimum Gasteiger partial charge on any atom is -0.313 e. The highest BCUT2D eigenvalue weighted by Crippen LogP contribution is 2.29. The maximum absolute atomic E-state index is 13.5. The fourth-order valence-electron chi connectivity index (χ4n) is 1.03. The lowest BCUT2D eigenvalue weighted by molar-refractivity contribution is 0.561. The minimum absolute atomic E-state index is 0.0365. The molecule has 0 heterocycles. The summed E-state index contributed by atoms with van der Waals surface area (Å²) in [7, 11) is 1.78. The van der Waals surface area contributed by atoms with Gasteiger partial charge in [-0.15, -0.1) is 0 Å². The standard InChI is InChI=1S/C9H10BrClFN/c1-5(13-2)6-3-4-7(10)8(11)9(6)12/h3-5,13H,1-2H3. The van der Waals surface area contributed by atoms with E-state index in [2.05, 4.69) is 21.2 Å². The molecule has 0 bridgehead atoms. The predicted molar refractivity (Wildman–Crippen MR) is 56.6 cm³/mol. The van der Waals surface area contributed by atoms with Gasteiger partial charge in [-0.1, -0.05) is 17.7 Å². The fraction of sp³-hybridized carbons (Fsp3) is 0.333. The number of rotatable bonds is 2. The van der Waals surface area contributed by atoms with Gasteiger partial charge in [-0.3, -0.25) is 0 Å². The molecule has 0 radical (unpaired) electrons. The summed E-state index contributed by atoms with van der Waals surface area (Å²) < 4.78 is 14.1. The molecule has 0 fully saturated rings. The second-order valence-electron chi connectivity index (χ2n) is 2.77. The average Bonchev–Trinajstić information content (AvgIpc) is 2.13. The molecule has 0 saturated carbocycles. The maximum atomic E-state index is 13.5. The van der Waals surface area contributed by atoms with Crippen molar-refractivity contribution in [3.8, 4) is 0 Å². The summed E-state index contributed by atoms with van der Waals surface area (Å²) in [4.78, 5) is 0. The van der Waals surface area contributed by atoms with Crippen LogP contribution in [0, 0.1) is 5.82 Å². The van der Waals surface area contributed by atoms with E-state index in [0.717, 1.165) is 0 Å².